The van der Waals surface area contributed by atoms with Gasteiger partial charge >= 0.3 is 0 Å². The second-order valence-corrected chi connectivity index (χ2v) is 7.47. The summed E-state index contributed by atoms with van der Waals surface area (Å²) >= 11 is 0. The molecule has 16 heavy (non-hydrogen) atoms. The van der Waals surface area contributed by atoms with Crippen molar-refractivity contribution < 1.29 is 17.9 Å². The van der Waals surface area contributed by atoms with Gasteiger partial charge in [0.25, 0.3) is 0 Å². The molecular weight excluding hydrogens is 228 g/mol. The van der Waals surface area contributed by atoms with Crippen LogP contribution in [0, 0.1) is 5.41 Å². The molecule has 0 aromatic rings. The van der Waals surface area contributed by atoms with E-state index in [4.69, 9.17) is 4.74 Å². The number of carbonyl (C=O) groups is 1. The molecule has 0 aromatic heterocycles. The summed E-state index contributed by atoms with van der Waals surface area (Å²) in [7, 11) is -3.32. The van der Waals surface area contributed by atoms with Crippen LogP contribution < -0.4 is 0 Å². The van der Waals surface area contributed by atoms with Crippen LogP contribution in [0.3, 0.4) is 0 Å². The molecule has 1 fully saturated rings. The van der Waals surface area contributed by atoms with Crippen LogP contribution in [0.5, 0.6) is 0 Å². The van der Waals surface area contributed by atoms with Crippen molar-refractivity contribution in [2.75, 3.05) is 18.1 Å². The lowest BCUT2D eigenvalue weighted by molar-refractivity contribution is -0.123. The topological polar surface area (TPSA) is 60.4 Å². The molecule has 4 nitrogen and oxygen atoms in total. The number of rotatable bonds is 4. The minimum absolute atomic E-state index is 0.0190. The van der Waals surface area contributed by atoms with Crippen molar-refractivity contribution in [1.29, 1.82) is 0 Å². The lowest BCUT2D eigenvalue weighted by atomic mass is 9.92. The van der Waals surface area contributed by atoms with Gasteiger partial charge in [-0.1, -0.05) is 20.8 Å². The lowest BCUT2D eigenvalue weighted by Crippen LogP contribution is -2.32. The first-order chi connectivity index (χ1) is 7.21. The molecule has 1 saturated heterocycles. The van der Waals surface area contributed by atoms with Crippen LogP contribution in [0.4, 0.5) is 0 Å². The van der Waals surface area contributed by atoms with Gasteiger partial charge in [-0.05, 0) is 12.8 Å². The van der Waals surface area contributed by atoms with Gasteiger partial charge in [0.05, 0.1) is 11.9 Å². The van der Waals surface area contributed by atoms with Crippen LogP contribution in [-0.4, -0.2) is 38.4 Å². The van der Waals surface area contributed by atoms with Crippen LogP contribution in [0.1, 0.15) is 33.6 Å². The molecule has 0 aliphatic carbocycles. The van der Waals surface area contributed by atoms with E-state index < -0.39 is 15.3 Å². The first-order valence-electron chi connectivity index (χ1n) is 5.56. The summed E-state index contributed by atoms with van der Waals surface area (Å²) in [5.74, 6) is -0.615. The van der Waals surface area contributed by atoms with Gasteiger partial charge in [-0.3, -0.25) is 4.79 Å². The number of hydrogen-bond acceptors (Lipinski definition) is 4. The van der Waals surface area contributed by atoms with E-state index in [0.717, 1.165) is 12.8 Å². The Bertz CT molecular complexity index is 345. The van der Waals surface area contributed by atoms with Gasteiger partial charge in [-0.15, -0.1) is 0 Å². The molecule has 1 unspecified atom stereocenters. The summed E-state index contributed by atoms with van der Waals surface area (Å²) in [6, 6.07) is 0. The van der Waals surface area contributed by atoms with E-state index in [1.54, 1.807) is 20.8 Å². The Morgan fingerprint density at radius 3 is 2.44 bits per heavy atom. The molecule has 0 saturated carbocycles. The van der Waals surface area contributed by atoms with E-state index in [9.17, 15) is 13.2 Å². The molecule has 94 valence electrons. The molecule has 1 aliphatic rings. The highest BCUT2D eigenvalue weighted by Gasteiger charge is 2.30. The van der Waals surface area contributed by atoms with Crippen molar-refractivity contribution in [1.82, 2.24) is 0 Å². The average Bonchev–Trinajstić information content (AvgIpc) is 2.52. The molecule has 1 rings (SSSR count). The summed E-state index contributed by atoms with van der Waals surface area (Å²) in [5, 5.41) is 0. The van der Waals surface area contributed by atoms with Gasteiger partial charge < -0.3 is 4.74 Å². The number of Topliss-reactive ketones (excluding diaryl/α,β-unsaturated/α-hetero) is 1. The molecule has 1 heterocycles. The lowest BCUT2D eigenvalue weighted by Gasteiger charge is -2.17. The molecule has 0 aromatic carbocycles. The van der Waals surface area contributed by atoms with Gasteiger partial charge in [-0.25, -0.2) is 8.42 Å². The Kier molecular flexibility index (Phi) is 4.12. The van der Waals surface area contributed by atoms with Gasteiger partial charge in [0, 0.05) is 12.0 Å². The van der Waals surface area contributed by atoms with E-state index in [2.05, 4.69) is 0 Å². The summed E-state index contributed by atoms with van der Waals surface area (Å²) in [4.78, 5) is 11.6. The standard InChI is InChI=1S/C11H20O4S/c1-11(2,3)10(12)8-16(13,14)7-9-5-4-6-15-9/h9H,4-8H2,1-3H3. The van der Waals surface area contributed by atoms with Crippen molar-refractivity contribution in [3.05, 3.63) is 0 Å². The zero-order valence-corrected chi connectivity index (χ0v) is 11.0. The quantitative estimate of drug-likeness (QED) is 0.750. The summed E-state index contributed by atoms with van der Waals surface area (Å²) in [6.45, 7) is 5.83. The van der Waals surface area contributed by atoms with Crippen LogP contribution in [-0.2, 0) is 19.4 Å². The van der Waals surface area contributed by atoms with E-state index in [1.165, 1.54) is 0 Å². The van der Waals surface area contributed by atoms with Crippen molar-refractivity contribution in [3.63, 3.8) is 0 Å². The second kappa shape index (κ2) is 4.84. The maximum atomic E-state index is 11.7. The monoisotopic (exact) mass is 248 g/mol. The molecule has 1 atom stereocenters. The number of ketones is 1. The highest BCUT2D eigenvalue weighted by atomic mass is 32.2. The van der Waals surface area contributed by atoms with Crippen molar-refractivity contribution in [2.45, 2.75) is 39.7 Å². The fourth-order valence-corrected chi connectivity index (χ4v) is 3.31. The van der Waals surface area contributed by atoms with E-state index in [-0.39, 0.29) is 23.4 Å². The van der Waals surface area contributed by atoms with Gasteiger partial charge in [0.1, 0.15) is 5.75 Å². The van der Waals surface area contributed by atoms with Crippen molar-refractivity contribution >= 4 is 15.6 Å². The molecule has 1 aliphatic heterocycles. The number of hydrogen-bond donors (Lipinski definition) is 0. The minimum Gasteiger partial charge on any atom is -0.377 e. The third kappa shape index (κ3) is 4.22. The largest absolute Gasteiger partial charge is 0.377 e. The first kappa shape index (κ1) is 13.6. The average molecular weight is 248 g/mol. The Morgan fingerprint density at radius 1 is 1.38 bits per heavy atom. The molecule has 0 spiro atoms. The Balaban J connectivity index is 2.54. The van der Waals surface area contributed by atoms with E-state index >= 15 is 0 Å². The molecule has 5 heteroatoms. The fraction of sp³-hybridized carbons (Fsp3) is 0.909. The predicted octanol–water partition coefficient (Wildman–Crippen LogP) is 1.20. The van der Waals surface area contributed by atoms with Gasteiger partial charge in [0.15, 0.2) is 15.6 Å². The van der Waals surface area contributed by atoms with Crippen molar-refractivity contribution in [2.24, 2.45) is 5.41 Å². The molecule has 0 radical (unpaired) electrons. The minimum atomic E-state index is -3.32. The molecule has 0 N–H and O–H groups in total. The van der Waals surface area contributed by atoms with Crippen LogP contribution in [0.2, 0.25) is 0 Å². The van der Waals surface area contributed by atoms with Crippen LogP contribution >= 0.6 is 0 Å². The normalized spacial score (nSPS) is 22.3. The molecule has 0 amide bonds. The SMILES string of the molecule is CC(C)(C)C(=O)CS(=O)(=O)CC1CCCO1. The van der Waals surface area contributed by atoms with Crippen molar-refractivity contribution in [3.8, 4) is 0 Å². The zero-order valence-electron chi connectivity index (χ0n) is 10.2. The maximum absolute atomic E-state index is 11.7. The highest BCUT2D eigenvalue weighted by molar-refractivity contribution is 7.92. The summed E-state index contributed by atoms with van der Waals surface area (Å²) in [6.07, 6.45) is 1.48. The number of ether oxygens (including phenoxy) is 1. The van der Waals surface area contributed by atoms with Crippen LogP contribution in [0.15, 0.2) is 0 Å². The Labute approximate surface area is 97.3 Å². The third-order valence-corrected chi connectivity index (χ3v) is 4.23. The van der Waals surface area contributed by atoms with E-state index in [1.807, 2.05) is 0 Å². The summed E-state index contributed by atoms with van der Waals surface area (Å²) in [5.41, 5.74) is -0.594. The summed E-state index contributed by atoms with van der Waals surface area (Å²) < 4.78 is 28.8. The highest BCUT2D eigenvalue weighted by Crippen LogP contribution is 2.18. The molecule has 0 bridgehead atoms. The fourth-order valence-electron chi connectivity index (χ4n) is 1.53. The van der Waals surface area contributed by atoms with E-state index in [0.29, 0.717) is 6.61 Å². The third-order valence-electron chi connectivity index (χ3n) is 2.65. The molecular formula is C11H20O4S. The predicted molar refractivity (Wildman–Crippen MR) is 62.1 cm³/mol. The maximum Gasteiger partial charge on any atom is 0.159 e. The number of carbonyl (C=O) groups excluding carboxylic acids is 1. The Morgan fingerprint density at radius 2 is 2.00 bits per heavy atom. The second-order valence-electron chi connectivity index (χ2n) is 5.36. The number of sulfone groups is 1. The Hall–Kier alpha value is -0.420. The van der Waals surface area contributed by atoms with Gasteiger partial charge in [0.2, 0.25) is 0 Å². The van der Waals surface area contributed by atoms with Crippen LogP contribution in [0.25, 0.3) is 0 Å². The first-order valence-corrected chi connectivity index (χ1v) is 7.38. The smallest absolute Gasteiger partial charge is 0.159 e. The zero-order chi connectivity index (χ0) is 12.4. The van der Waals surface area contributed by atoms with Gasteiger partial charge in [-0.2, -0.15) is 0 Å².